The molecule has 3 nitrogen and oxygen atoms in total. The van der Waals surface area contributed by atoms with Gasteiger partial charge in [-0.15, -0.1) is 3.89 Å². The van der Waals surface area contributed by atoms with Crippen LogP contribution in [0.25, 0.3) is 0 Å². The summed E-state index contributed by atoms with van der Waals surface area (Å²) in [6.07, 6.45) is 0.795. The van der Waals surface area contributed by atoms with Crippen LogP contribution in [-0.4, -0.2) is 22.0 Å². The van der Waals surface area contributed by atoms with Crippen LogP contribution in [0.3, 0.4) is 0 Å². The lowest BCUT2D eigenvalue weighted by molar-refractivity contribution is 0.552. The van der Waals surface area contributed by atoms with Crippen molar-refractivity contribution in [3.05, 3.63) is 29.8 Å². The van der Waals surface area contributed by atoms with Gasteiger partial charge in [-0.25, -0.2) is 0 Å². The Balaban J connectivity index is 2.79. The standard InChI is InChI=1S/C9H12FNO2S/c1-11-7-6-8-2-4-9(5-3-8)14(10,12)13/h2-5,11H,6-7H2,1H3. The van der Waals surface area contributed by atoms with Gasteiger partial charge in [0.25, 0.3) is 0 Å². The molecule has 0 spiro atoms. The Kier molecular flexibility index (Phi) is 3.60. The molecule has 1 aromatic rings. The highest BCUT2D eigenvalue weighted by molar-refractivity contribution is 7.86. The highest BCUT2D eigenvalue weighted by Crippen LogP contribution is 2.12. The topological polar surface area (TPSA) is 46.2 Å². The summed E-state index contributed by atoms with van der Waals surface area (Å²) in [6, 6.07) is 5.79. The van der Waals surface area contributed by atoms with Crippen LogP contribution < -0.4 is 5.32 Å². The number of nitrogens with one attached hydrogen (secondary N) is 1. The van der Waals surface area contributed by atoms with E-state index in [9.17, 15) is 12.3 Å². The number of hydrogen-bond donors (Lipinski definition) is 1. The maximum Gasteiger partial charge on any atom is 0.332 e. The van der Waals surface area contributed by atoms with Gasteiger partial charge < -0.3 is 5.32 Å². The van der Waals surface area contributed by atoms with E-state index < -0.39 is 10.2 Å². The molecule has 0 amide bonds. The second kappa shape index (κ2) is 4.52. The summed E-state index contributed by atoms with van der Waals surface area (Å²) in [7, 11) is -2.72. The quantitative estimate of drug-likeness (QED) is 0.768. The lowest BCUT2D eigenvalue weighted by Gasteiger charge is -2.00. The predicted octanol–water partition coefficient (Wildman–Crippen LogP) is 1.11. The van der Waals surface area contributed by atoms with Gasteiger partial charge in [0.05, 0.1) is 4.90 Å². The van der Waals surface area contributed by atoms with E-state index in [-0.39, 0.29) is 4.90 Å². The van der Waals surface area contributed by atoms with Crippen molar-refractivity contribution in [1.29, 1.82) is 0 Å². The Morgan fingerprint density at radius 3 is 2.29 bits per heavy atom. The third kappa shape index (κ3) is 3.08. The van der Waals surface area contributed by atoms with Crippen LogP contribution in [0.15, 0.2) is 29.2 Å². The van der Waals surface area contributed by atoms with E-state index in [1.54, 1.807) is 12.1 Å². The number of rotatable bonds is 4. The van der Waals surface area contributed by atoms with Gasteiger partial charge >= 0.3 is 10.2 Å². The fraction of sp³-hybridized carbons (Fsp3) is 0.333. The maximum atomic E-state index is 12.5. The molecule has 0 radical (unpaired) electrons. The van der Waals surface area contributed by atoms with Gasteiger partial charge in [-0.1, -0.05) is 12.1 Å². The molecule has 0 unspecified atom stereocenters. The molecule has 1 N–H and O–H groups in total. The predicted molar refractivity (Wildman–Crippen MR) is 52.4 cm³/mol. The van der Waals surface area contributed by atoms with Gasteiger partial charge in [-0.05, 0) is 37.7 Å². The van der Waals surface area contributed by atoms with Crippen LogP contribution in [-0.2, 0) is 16.6 Å². The van der Waals surface area contributed by atoms with E-state index >= 15 is 0 Å². The summed E-state index contributed by atoms with van der Waals surface area (Å²) < 4.78 is 33.4. The average molecular weight is 217 g/mol. The summed E-state index contributed by atoms with van der Waals surface area (Å²) in [4.78, 5) is -0.286. The molecule has 0 atom stereocenters. The molecule has 1 aromatic carbocycles. The molecule has 0 saturated heterocycles. The van der Waals surface area contributed by atoms with Gasteiger partial charge in [0, 0.05) is 0 Å². The first kappa shape index (κ1) is 11.1. The normalized spacial score (nSPS) is 11.6. The third-order valence-corrected chi connectivity index (χ3v) is 2.70. The van der Waals surface area contributed by atoms with E-state index in [0.717, 1.165) is 18.5 Å². The van der Waals surface area contributed by atoms with Crippen molar-refractivity contribution in [2.24, 2.45) is 0 Å². The van der Waals surface area contributed by atoms with E-state index in [2.05, 4.69) is 5.32 Å². The van der Waals surface area contributed by atoms with Crippen LogP contribution in [0.1, 0.15) is 5.56 Å². The molecular weight excluding hydrogens is 205 g/mol. The molecule has 0 aliphatic carbocycles. The number of halogens is 1. The summed E-state index contributed by atoms with van der Waals surface area (Å²) in [5.41, 5.74) is 0.978. The molecule has 0 heterocycles. The Morgan fingerprint density at radius 2 is 1.86 bits per heavy atom. The van der Waals surface area contributed by atoms with Gasteiger partial charge in [-0.2, -0.15) is 8.42 Å². The largest absolute Gasteiger partial charge is 0.332 e. The Hall–Kier alpha value is -0.940. The van der Waals surface area contributed by atoms with E-state index in [0.29, 0.717) is 0 Å². The molecule has 0 fully saturated rings. The second-order valence-electron chi connectivity index (χ2n) is 2.94. The first-order valence-corrected chi connectivity index (χ1v) is 5.60. The SMILES string of the molecule is CNCCc1ccc(S(=O)(=O)F)cc1. The highest BCUT2D eigenvalue weighted by Gasteiger charge is 2.10. The third-order valence-electron chi connectivity index (χ3n) is 1.87. The van der Waals surface area contributed by atoms with Crippen molar-refractivity contribution < 1.29 is 12.3 Å². The first-order chi connectivity index (χ1) is 6.54. The van der Waals surface area contributed by atoms with Gasteiger partial charge in [0.1, 0.15) is 0 Å². The number of hydrogen-bond acceptors (Lipinski definition) is 3. The van der Waals surface area contributed by atoms with Crippen LogP contribution in [0.5, 0.6) is 0 Å². The zero-order valence-electron chi connectivity index (χ0n) is 7.83. The lowest BCUT2D eigenvalue weighted by atomic mass is 10.1. The van der Waals surface area contributed by atoms with E-state index in [1.807, 2.05) is 7.05 Å². The molecule has 14 heavy (non-hydrogen) atoms. The van der Waals surface area contributed by atoms with Gasteiger partial charge in [0.2, 0.25) is 0 Å². The molecule has 0 saturated carbocycles. The molecule has 0 aromatic heterocycles. The minimum absolute atomic E-state index is 0.286. The first-order valence-electron chi connectivity index (χ1n) is 4.22. The van der Waals surface area contributed by atoms with Crippen molar-refractivity contribution in [2.75, 3.05) is 13.6 Å². The Morgan fingerprint density at radius 1 is 1.29 bits per heavy atom. The smallest absolute Gasteiger partial charge is 0.319 e. The molecule has 1 rings (SSSR count). The van der Waals surface area contributed by atoms with Gasteiger partial charge in [-0.3, -0.25) is 0 Å². The van der Waals surface area contributed by atoms with Crippen LogP contribution in [0.2, 0.25) is 0 Å². The lowest BCUT2D eigenvalue weighted by Crippen LogP contribution is -2.10. The molecule has 0 bridgehead atoms. The summed E-state index contributed by atoms with van der Waals surface area (Å²) >= 11 is 0. The molecule has 0 aliphatic rings. The van der Waals surface area contributed by atoms with Crippen LogP contribution >= 0.6 is 0 Å². The second-order valence-corrected chi connectivity index (χ2v) is 4.28. The van der Waals surface area contributed by atoms with Crippen molar-refractivity contribution >= 4 is 10.2 Å². The average Bonchev–Trinajstić information content (AvgIpc) is 2.14. The fourth-order valence-corrected chi connectivity index (χ4v) is 1.55. The van der Waals surface area contributed by atoms with Crippen molar-refractivity contribution in [3.63, 3.8) is 0 Å². The Labute approximate surface area is 83.2 Å². The van der Waals surface area contributed by atoms with Gasteiger partial charge in [0.15, 0.2) is 0 Å². The molecule has 0 aliphatic heterocycles. The Bertz CT molecular complexity index is 386. The molecular formula is C9H12FNO2S. The zero-order valence-corrected chi connectivity index (χ0v) is 8.64. The highest BCUT2D eigenvalue weighted by atomic mass is 32.3. The minimum atomic E-state index is -4.56. The number of likely N-dealkylation sites (N-methyl/N-ethyl adjacent to an activating group) is 1. The van der Waals surface area contributed by atoms with Crippen LogP contribution in [0, 0.1) is 0 Å². The van der Waals surface area contributed by atoms with Crippen molar-refractivity contribution in [3.8, 4) is 0 Å². The molecule has 78 valence electrons. The van der Waals surface area contributed by atoms with Crippen LogP contribution in [0.4, 0.5) is 3.89 Å². The fourth-order valence-electron chi connectivity index (χ4n) is 1.09. The summed E-state index contributed by atoms with van der Waals surface area (Å²) in [5, 5.41) is 2.97. The maximum absolute atomic E-state index is 12.5. The zero-order chi connectivity index (χ0) is 10.6. The monoisotopic (exact) mass is 217 g/mol. The molecule has 5 heteroatoms. The van der Waals surface area contributed by atoms with E-state index in [4.69, 9.17) is 0 Å². The number of benzene rings is 1. The summed E-state index contributed by atoms with van der Waals surface area (Å²) in [5.74, 6) is 0. The van der Waals surface area contributed by atoms with Crippen molar-refractivity contribution in [1.82, 2.24) is 5.32 Å². The summed E-state index contributed by atoms with van der Waals surface area (Å²) in [6.45, 7) is 0.807. The van der Waals surface area contributed by atoms with E-state index in [1.165, 1.54) is 12.1 Å². The van der Waals surface area contributed by atoms with Crippen molar-refractivity contribution in [2.45, 2.75) is 11.3 Å². The minimum Gasteiger partial charge on any atom is -0.319 e.